The van der Waals surface area contributed by atoms with Crippen molar-refractivity contribution in [2.75, 3.05) is 11.9 Å². The molecule has 1 aromatic heterocycles. The Balaban J connectivity index is 1.91. The van der Waals surface area contributed by atoms with Crippen LogP contribution < -0.4 is 5.32 Å². The molecule has 0 unspecified atom stereocenters. The van der Waals surface area contributed by atoms with Gasteiger partial charge in [-0.25, -0.2) is 4.68 Å². The molecule has 122 valence electrons. The molecule has 0 aliphatic carbocycles. The quantitative estimate of drug-likeness (QED) is 0.728. The maximum atomic E-state index is 5.00. The van der Waals surface area contributed by atoms with Gasteiger partial charge in [-0.15, -0.1) is 0 Å². The van der Waals surface area contributed by atoms with Gasteiger partial charge in [0, 0.05) is 17.7 Å². The number of fused-ring (bicyclic) bond motifs is 1. The third-order valence-corrected chi connectivity index (χ3v) is 4.91. The zero-order chi connectivity index (χ0) is 16.5. The Hall–Kier alpha value is -2.55. The molecule has 3 aromatic rings. The SMILES string of the molecule is Cc1ccc(-n2nc(-c3ccccc3)c3c2NCCCC3)cc1C. The van der Waals surface area contributed by atoms with Crippen LogP contribution in [0.15, 0.2) is 48.5 Å². The number of hydrogen-bond donors (Lipinski definition) is 1. The van der Waals surface area contributed by atoms with Crippen LogP contribution >= 0.6 is 0 Å². The molecular weight excluding hydrogens is 294 g/mol. The van der Waals surface area contributed by atoms with E-state index in [1.54, 1.807) is 0 Å². The molecule has 0 atom stereocenters. The van der Waals surface area contributed by atoms with Gasteiger partial charge in [0.2, 0.25) is 0 Å². The molecule has 3 nitrogen and oxygen atoms in total. The van der Waals surface area contributed by atoms with E-state index in [-0.39, 0.29) is 0 Å². The predicted molar refractivity (Wildman–Crippen MR) is 99.9 cm³/mol. The minimum Gasteiger partial charge on any atom is -0.370 e. The lowest BCUT2D eigenvalue weighted by atomic mass is 10.0. The van der Waals surface area contributed by atoms with E-state index >= 15 is 0 Å². The number of anilines is 1. The van der Waals surface area contributed by atoms with E-state index < -0.39 is 0 Å². The van der Waals surface area contributed by atoms with Crippen molar-refractivity contribution in [1.29, 1.82) is 0 Å². The van der Waals surface area contributed by atoms with Gasteiger partial charge >= 0.3 is 0 Å². The van der Waals surface area contributed by atoms with E-state index in [9.17, 15) is 0 Å². The molecule has 4 rings (SSSR count). The molecule has 24 heavy (non-hydrogen) atoms. The number of hydrogen-bond acceptors (Lipinski definition) is 2. The Morgan fingerprint density at radius 1 is 0.958 bits per heavy atom. The molecule has 0 amide bonds. The highest BCUT2D eigenvalue weighted by Crippen LogP contribution is 2.34. The normalized spacial score (nSPS) is 13.9. The van der Waals surface area contributed by atoms with E-state index in [2.05, 4.69) is 72.4 Å². The summed E-state index contributed by atoms with van der Waals surface area (Å²) in [6.07, 6.45) is 3.49. The third kappa shape index (κ3) is 2.60. The Morgan fingerprint density at radius 3 is 2.58 bits per heavy atom. The van der Waals surface area contributed by atoms with Crippen molar-refractivity contribution in [3.05, 3.63) is 65.2 Å². The minimum absolute atomic E-state index is 1.01. The summed E-state index contributed by atoms with van der Waals surface area (Å²) >= 11 is 0. The summed E-state index contributed by atoms with van der Waals surface area (Å²) in [7, 11) is 0. The first kappa shape index (κ1) is 15.0. The first-order valence-electron chi connectivity index (χ1n) is 8.73. The molecule has 2 aromatic carbocycles. The van der Waals surface area contributed by atoms with Crippen LogP contribution in [0.1, 0.15) is 29.5 Å². The van der Waals surface area contributed by atoms with Gasteiger partial charge < -0.3 is 5.32 Å². The summed E-state index contributed by atoms with van der Waals surface area (Å²) in [5.74, 6) is 1.16. The fourth-order valence-electron chi connectivity index (χ4n) is 3.37. The number of aromatic nitrogens is 2. The van der Waals surface area contributed by atoms with Crippen LogP contribution in [0.3, 0.4) is 0 Å². The lowest BCUT2D eigenvalue weighted by molar-refractivity contribution is 0.780. The second-order valence-corrected chi connectivity index (χ2v) is 6.61. The zero-order valence-corrected chi connectivity index (χ0v) is 14.3. The highest BCUT2D eigenvalue weighted by molar-refractivity contribution is 5.71. The van der Waals surface area contributed by atoms with Crippen molar-refractivity contribution in [3.63, 3.8) is 0 Å². The third-order valence-electron chi connectivity index (χ3n) is 4.91. The smallest absolute Gasteiger partial charge is 0.133 e. The second-order valence-electron chi connectivity index (χ2n) is 6.61. The fourth-order valence-corrected chi connectivity index (χ4v) is 3.37. The standard InChI is InChI=1S/C21H23N3/c1-15-11-12-18(14-16(15)2)24-21-19(10-6-7-13-22-21)20(23-24)17-8-4-3-5-9-17/h3-5,8-9,11-12,14,22H,6-7,10,13H2,1-2H3. The first-order chi connectivity index (χ1) is 11.7. The van der Waals surface area contributed by atoms with Gasteiger partial charge in [-0.1, -0.05) is 36.4 Å². The molecule has 0 fully saturated rings. The Bertz CT molecular complexity index is 862. The Kier molecular flexibility index (Phi) is 3.85. The highest BCUT2D eigenvalue weighted by atomic mass is 15.3. The molecule has 0 spiro atoms. The largest absolute Gasteiger partial charge is 0.370 e. The Morgan fingerprint density at radius 2 is 1.79 bits per heavy atom. The van der Waals surface area contributed by atoms with Crippen LogP contribution in [0.25, 0.3) is 16.9 Å². The molecule has 0 bridgehead atoms. The predicted octanol–water partition coefficient (Wildman–Crippen LogP) is 4.90. The molecule has 1 N–H and O–H groups in total. The monoisotopic (exact) mass is 317 g/mol. The molecular formula is C21H23N3. The average molecular weight is 317 g/mol. The lowest BCUT2D eigenvalue weighted by Gasteiger charge is -2.10. The maximum Gasteiger partial charge on any atom is 0.133 e. The number of benzene rings is 2. The maximum absolute atomic E-state index is 5.00. The molecule has 1 aliphatic rings. The summed E-state index contributed by atoms with van der Waals surface area (Å²) in [6.45, 7) is 5.32. The fraction of sp³-hybridized carbons (Fsp3) is 0.286. The second kappa shape index (κ2) is 6.16. The highest BCUT2D eigenvalue weighted by Gasteiger charge is 2.21. The summed E-state index contributed by atoms with van der Waals surface area (Å²) in [6, 6.07) is 17.1. The van der Waals surface area contributed by atoms with E-state index in [0.29, 0.717) is 0 Å². The number of nitrogens with one attached hydrogen (secondary N) is 1. The van der Waals surface area contributed by atoms with Gasteiger partial charge in [-0.05, 0) is 56.4 Å². The zero-order valence-electron chi connectivity index (χ0n) is 14.3. The van der Waals surface area contributed by atoms with Crippen LogP contribution in [0.5, 0.6) is 0 Å². The number of nitrogens with zero attached hydrogens (tertiary/aromatic N) is 2. The lowest BCUT2D eigenvalue weighted by Crippen LogP contribution is -2.07. The molecule has 2 heterocycles. The van der Waals surface area contributed by atoms with Gasteiger partial charge in [-0.3, -0.25) is 0 Å². The van der Waals surface area contributed by atoms with Gasteiger partial charge in [-0.2, -0.15) is 5.10 Å². The first-order valence-corrected chi connectivity index (χ1v) is 8.73. The van der Waals surface area contributed by atoms with E-state index in [4.69, 9.17) is 5.10 Å². The summed E-state index contributed by atoms with van der Waals surface area (Å²) in [4.78, 5) is 0. The summed E-state index contributed by atoms with van der Waals surface area (Å²) in [5.41, 5.74) is 7.39. The van der Waals surface area contributed by atoms with Crippen molar-refractivity contribution in [2.45, 2.75) is 33.1 Å². The van der Waals surface area contributed by atoms with Crippen LogP contribution in [0.4, 0.5) is 5.82 Å². The number of aryl methyl sites for hydroxylation is 2. The Labute approximate surface area is 143 Å². The molecule has 1 aliphatic heterocycles. The minimum atomic E-state index is 1.01. The summed E-state index contributed by atoms with van der Waals surface area (Å²) in [5, 5.41) is 8.62. The van der Waals surface area contributed by atoms with Crippen LogP contribution in [-0.4, -0.2) is 16.3 Å². The summed E-state index contributed by atoms with van der Waals surface area (Å²) < 4.78 is 2.09. The van der Waals surface area contributed by atoms with E-state index in [0.717, 1.165) is 30.2 Å². The van der Waals surface area contributed by atoms with E-state index in [1.165, 1.54) is 35.1 Å². The molecule has 0 saturated carbocycles. The van der Waals surface area contributed by atoms with Crippen LogP contribution in [0.2, 0.25) is 0 Å². The van der Waals surface area contributed by atoms with Gasteiger partial charge in [0.15, 0.2) is 0 Å². The average Bonchev–Trinajstić information content (AvgIpc) is 2.80. The molecule has 0 saturated heterocycles. The molecule has 0 radical (unpaired) electrons. The number of rotatable bonds is 2. The van der Waals surface area contributed by atoms with Crippen LogP contribution in [0, 0.1) is 13.8 Å². The van der Waals surface area contributed by atoms with Crippen molar-refractivity contribution in [3.8, 4) is 16.9 Å². The van der Waals surface area contributed by atoms with Crippen molar-refractivity contribution >= 4 is 5.82 Å². The topological polar surface area (TPSA) is 29.9 Å². The van der Waals surface area contributed by atoms with Crippen molar-refractivity contribution < 1.29 is 0 Å². The molecule has 3 heteroatoms. The van der Waals surface area contributed by atoms with Gasteiger partial charge in [0.1, 0.15) is 5.82 Å². The van der Waals surface area contributed by atoms with Gasteiger partial charge in [0.05, 0.1) is 11.4 Å². The van der Waals surface area contributed by atoms with E-state index in [1.807, 2.05) is 0 Å². The van der Waals surface area contributed by atoms with Crippen molar-refractivity contribution in [2.24, 2.45) is 0 Å². The van der Waals surface area contributed by atoms with Crippen molar-refractivity contribution in [1.82, 2.24) is 9.78 Å². The van der Waals surface area contributed by atoms with Gasteiger partial charge in [0.25, 0.3) is 0 Å². The van der Waals surface area contributed by atoms with Crippen LogP contribution in [-0.2, 0) is 6.42 Å².